The predicted molar refractivity (Wildman–Crippen MR) is 110 cm³/mol. The van der Waals surface area contributed by atoms with Gasteiger partial charge in [-0.2, -0.15) is 0 Å². The average molecular weight is 471 g/mol. The Bertz CT molecular complexity index is 1020. The summed E-state index contributed by atoms with van der Waals surface area (Å²) in [7, 11) is -3.48. The van der Waals surface area contributed by atoms with E-state index in [1.807, 2.05) is 24.4 Å². The molecule has 0 aliphatic rings. The number of aromatic nitrogens is 1. The number of aryl methyl sites for hydroxylation is 1. The van der Waals surface area contributed by atoms with Crippen molar-refractivity contribution in [3.05, 3.63) is 51.1 Å². The zero-order valence-electron chi connectivity index (χ0n) is 13.7. The van der Waals surface area contributed by atoms with Crippen molar-refractivity contribution in [2.24, 2.45) is 0 Å². The van der Waals surface area contributed by atoms with Crippen LogP contribution in [-0.2, 0) is 14.6 Å². The van der Waals surface area contributed by atoms with Gasteiger partial charge in [0.15, 0.2) is 15.0 Å². The van der Waals surface area contributed by atoms with E-state index in [9.17, 15) is 13.2 Å². The zero-order chi connectivity index (χ0) is 18.7. The van der Waals surface area contributed by atoms with Crippen LogP contribution in [0.5, 0.6) is 0 Å². The fourth-order valence-corrected chi connectivity index (χ4v) is 5.56. The van der Waals surface area contributed by atoms with Crippen LogP contribution in [0.15, 0.2) is 50.5 Å². The molecule has 26 heavy (non-hydrogen) atoms. The van der Waals surface area contributed by atoms with E-state index in [1.165, 1.54) is 11.3 Å². The summed E-state index contributed by atoms with van der Waals surface area (Å²) >= 11 is 6.27. The SMILES string of the molecule is Cc1ccc(S(=O)(=O)CCC(=O)Nc2nc(-c3ccc(Br)s3)cs2)cc1. The van der Waals surface area contributed by atoms with E-state index in [-0.39, 0.29) is 23.0 Å². The lowest BCUT2D eigenvalue weighted by molar-refractivity contribution is -0.115. The molecule has 0 bridgehead atoms. The molecule has 2 heterocycles. The van der Waals surface area contributed by atoms with Gasteiger partial charge in [-0.05, 0) is 47.1 Å². The Morgan fingerprint density at radius 1 is 1.19 bits per heavy atom. The highest BCUT2D eigenvalue weighted by molar-refractivity contribution is 9.11. The number of rotatable bonds is 6. The number of anilines is 1. The van der Waals surface area contributed by atoms with Crippen LogP contribution in [0.4, 0.5) is 5.13 Å². The number of halogens is 1. The summed E-state index contributed by atoms with van der Waals surface area (Å²) in [5, 5.41) is 4.99. The Morgan fingerprint density at radius 3 is 2.58 bits per heavy atom. The predicted octanol–water partition coefficient (Wildman–Crippen LogP) is 4.75. The molecule has 2 aromatic heterocycles. The molecule has 1 N–H and O–H groups in total. The summed E-state index contributed by atoms with van der Waals surface area (Å²) in [6.45, 7) is 1.89. The van der Waals surface area contributed by atoms with E-state index < -0.39 is 9.84 Å². The molecule has 9 heteroatoms. The molecule has 136 valence electrons. The highest BCUT2D eigenvalue weighted by atomic mass is 79.9. The summed E-state index contributed by atoms with van der Waals surface area (Å²) < 4.78 is 25.6. The van der Waals surface area contributed by atoms with Gasteiger partial charge in [-0.15, -0.1) is 22.7 Å². The van der Waals surface area contributed by atoms with Crippen molar-refractivity contribution < 1.29 is 13.2 Å². The molecule has 0 aliphatic heterocycles. The molecule has 0 radical (unpaired) electrons. The minimum atomic E-state index is -3.48. The number of carbonyl (C=O) groups is 1. The van der Waals surface area contributed by atoms with Crippen LogP contribution in [0.25, 0.3) is 10.6 Å². The van der Waals surface area contributed by atoms with E-state index in [4.69, 9.17) is 0 Å². The molecule has 5 nitrogen and oxygen atoms in total. The first-order chi connectivity index (χ1) is 12.3. The van der Waals surface area contributed by atoms with Crippen LogP contribution in [0.2, 0.25) is 0 Å². The molecular weight excluding hydrogens is 456 g/mol. The van der Waals surface area contributed by atoms with E-state index in [0.29, 0.717) is 5.13 Å². The van der Waals surface area contributed by atoms with Gasteiger partial charge >= 0.3 is 0 Å². The third-order valence-corrected chi connectivity index (χ3v) is 7.69. The van der Waals surface area contributed by atoms with Crippen LogP contribution < -0.4 is 5.32 Å². The van der Waals surface area contributed by atoms with Crippen LogP contribution in [0, 0.1) is 6.92 Å². The molecule has 3 rings (SSSR count). The maximum Gasteiger partial charge on any atom is 0.227 e. The Morgan fingerprint density at radius 2 is 1.92 bits per heavy atom. The van der Waals surface area contributed by atoms with Gasteiger partial charge in [-0.1, -0.05) is 17.7 Å². The van der Waals surface area contributed by atoms with Gasteiger partial charge in [-0.3, -0.25) is 4.79 Å². The number of thiophene rings is 1. The molecule has 1 amide bonds. The number of carbonyl (C=O) groups excluding carboxylic acids is 1. The lowest BCUT2D eigenvalue weighted by atomic mass is 10.2. The standard InChI is InChI=1S/C17H15BrN2O3S3/c1-11-2-4-12(5-3-11)26(22,23)9-8-16(21)20-17-19-13(10-24-17)14-6-7-15(18)25-14/h2-7,10H,8-9H2,1H3,(H,19,20,21). The van der Waals surface area contributed by atoms with Crippen LogP contribution in [0.1, 0.15) is 12.0 Å². The van der Waals surface area contributed by atoms with Gasteiger partial charge in [0.25, 0.3) is 0 Å². The highest BCUT2D eigenvalue weighted by Gasteiger charge is 2.17. The number of amides is 1. The second-order valence-electron chi connectivity index (χ2n) is 5.57. The number of benzene rings is 1. The van der Waals surface area contributed by atoms with Crippen molar-refractivity contribution in [3.8, 4) is 10.6 Å². The van der Waals surface area contributed by atoms with Gasteiger partial charge in [0.1, 0.15) is 0 Å². The Kier molecular flexibility index (Phi) is 5.91. The van der Waals surface area contributed by atoms with Gasteiger partial charge in [0.05, 0.1) is 25.0 Å². The van der Waals surface area contributed by atoms with Gasteiger partial charge < -0.3 is 5.32 Å². The van der Waals surface area contributed by atoms with E-state index in [0.717, 1.165) is 19.9 Å². The van der Waals surface area contributed by atoms with Crippen LogP contribution >= 0.6 is 38.6 Å². The quantitative estimate of drug-likeness (QED) is 0.563. The summed E-state index contributed by atoms with van der Waals surface area (Å²) in [5.74, 6) is -0.605. The average Bonchev–Trinajstić information content (AvgIpc) is 3.22. The molecule has 3 aromatic rings. The minimum Gasteiger partial charge on any atom is -0.302 e. The monoisotopic (exact) mass is 470 g/mol. The molecular formula is C17H15BrN2O3S3. The topological polar surface area (TPSA) is 76.1 Å². The van der Waals surface area contributed by atoms with Crippen LogP contribution in [-0.4, -0.2) is 25.1 Å². The maximum absolute atomic E-state index is 12.3. The van der Waals surface area contributed by atoms with Gasteiger partial charge in [-0.25, -0.2) is 13.4 Å². The van der Waals surface area contributed by atoms with E-state index >= 15 is 0 Å². The molecule has 0 fully saturated rings. The normalized spacial score (nSPS) is 11.5. The third-order valence-electron chi connectivity index (χ3n) is 3.55. The van der Waals surface area contributed by atoms with E-state index in [1.54, 1.807) is 35.6 Å². The summed E-state index contributed by atoms with van der Waals surface area (Å²) in [6, 6.07) is 10.5. The van der Waals surface area contributed by atoms with Crippen molar-refractivity contribution in [2.45, 2.75) is 18.2 Å². The molecule has 0 unspecified atom stereocenters. The molecule has 0 spiro atoms. The van der Waals surface area contributed by atoms with Crippen molar-refractivity contribution in [3.63, 3.8) is 0 Å². The number of nitrogens with zero attached hydrogens (tertiary/aromatic N) is 1. The number of sulfone groups is 1. The summed E-state index contributed by atoms with van der Waals surface area (Å²) in [4.78, 5) is 17.7. The summed E-state index contributed by atoms with van der Waals surface area (Å²) in [6.07, 6.45) is -0.115. The van der Waals surface area contributed by atoms with Gasteiger partial charge in [0, 0.05) is 11.8 Å². The first-order valence-corrected chi connectivity index (χ1v) is 11.8. The van der Waals surface area contributed by atoms with Gasteiger partial charge in [0.2, 0.25) is 5.91 Å². The lowest BCUT2D eigenvalue weighted by Crippen LogP contribution is -2.17. The summed E-state index contributed by atoms with van der Waals surface area (Å²) in [5.41, 5.74) is 1.77. The van der Waals surface area contributed by atoms with Crippen molar-refractivity contribution in [1.29, 1.82) is 0 Å². The molecule has 0 saturated heterocycles. The lowest BCUT2D eigenvalue weighted by Gasteiger charge is -2.05. The fourth-order valence-electron chi connectivity index (χ4n) is 2.17. The third kappa shape index (κ3) is 4.79. The Hall–Kier alpha value is -1.55. The second-order valence-corrected chi connectivity index (χ2v) is 11.0. The Labute approximate surface area is 168 Å². The largest absolute Gasteiger partial charge is 0.302 e. The smallest absolute Gasteiger partial charge is 0.227 e. The molecule has 0 aliphatic carbocycles. The maximum atomic E-state index is 12.3. The fraction of sp³-hybridized carbons (Fsp3) is 0.176. The minimum absolute atomic E-state index is 0.115. The number of hydrogen-bond acceptors (Lipinski definition) is 6. The molecule has 0 atom stereocenters. The van der Waals surface area contributed by atoms with Crippen molar-refractivity contribution in [1.82, 2.24) is 4.98 Å². The first kappa shape index (κ1) is 19.2. The zero-order valence-corrected chi connectivity index (χ0v) is 17.8. The van der Waals surface area contributed by atoms with Crippen LogP contribution in [0.3, 0.4) is 0 Å². The van der Waals surface area contributed by atoms with E-state index in [2.05, 4.69) is 26.2 Å². The first-order valence-electron chi connectivity index (χ1n) is 7.64. The molecule has 0 saturated carbocycles. The highest BCUT2D eigenvalue weighted by Crippen LogP contribution is 2.33. The van der Waals surface area contributed by atoms with Crippen molar-refractivity contribution >= 4 is 59.5 Å². The Balaban J connectivity index is 1.59. The number of thiazole rings is 1. The number of hydrogen-bond donors (Lipinski definition) is 1. The number of nitrogens with one attached hydrogen (secondary N) is 1. The second kappa shape index (κ2) is 7.99. The molecule has 1 aromatic carbocycles. The van der Waals surface area contributed by atoms with Crippen molar-refractivity contribution in [2.75, 3.05) is 11.1 Å².